The number of carboxylic acid groups (broad SMARTS) is 2. The van der Waals surface area contributed by atoms with Crippen molar-refractivity contribution in [3.63, 3.8) is 0 Å². The molecule has 4 aromatic rings. The van der Waals surface area contributed by atoms with Crippen LogP contribution in [0.1, 0.15) is 0 Å². The standard InChI is InChI=1S/C28H24B2N2O5/c33-27(34)19-31(21-11-3-1-4-12-21)29-23-15-7-9-17-25(23)37-26-18-10-8-16-24(26)30-32(20-28(35)36)22-13-5-2-6-14-22/h1-18H,19-20H2,(H,33,34)(H,35,36). The van der Waals surface area contributed by atoms with Gasteiger partial charge in [-0.3, -0.25) is 9.59 Å². The number of ether oxygens (including phenoxy) is 1. The first kappa shape index (κ1) is 25.4. The minimum absolute atomic E-state index is 0.218. The van der Waals surface area contributed by atoms with Crippen LogP contribution in [0.15, 0.2) is 109 Å². The topological polar surface area (TPSA) is 90.3 Å². The van der Waals surface area contributed by atoms with E-state index in [4.69, 9.17) is 4.74 Å². The summed E-state index contributed by atoms with van der Waals surface area (Å²) in [4.78, 5) is 26.4. The molecule has 0 saturated heterocycles. The summed E-state index contributed by atoms with van der Waals surface area (Å²) in [5, 5.41) is 18.9. The lowest BCUT2D eigenvalue weighted by Gasteiger charge is -2.25. The zero-order chi connectivity index (χ0) is 26.0. The van der Waals surface area contributed by atoms with Gasteiger partial charge in [0, 0.05) is 11.4 Å². The Morgan fingerprint density at radius 1 is 0.568 bits per heavy atom. The fraction of sp³-hybridized carbons (Fsp3) is 0.0714. The van der Waals surface area contributed by atoms with Gasteiger partial charge in [0.05, 0.1) is 0 Å². The molecule has 37 heavy (non-hydrogen) atoms. The number of carboxylic acids is 2. The minimum Gasteiger partial charge on any atom is -0.480 e. The van der Waals surface area contributed by atoms with Gasteiger partial charge in [0.2, 0.25) is 0 Å². The highest BCUT2D eigenvalue weighted by atomic mass is 16.5. The van der Waals surface area contributed by atoms with Crippen LogP contribution < -0.4 is 25.3 Å². The second kappa shape index (κ2) is 12.4. The molecule has 0 aliphatic heterocycles. The summed E-state index contributed by atoms with van der Waals surface area (Å²) in [6.45, 7) is -0.437. The molecular weight excluding hydrogens is 466 g/mol. The maximum atomic E-state index is 11.5. The first-order chi connectivity index (χ1) is 18.0. The van der Waals surface area contributed by atoms with Gasteiger partial charge in [-0.15, -0.1) is 0 Å². The van der Waals surface area contributed by atoms with Crippen LogP contribution in [0.5, 0.6) is 11.5 Å². The Balaban J connectivity index is 1.60. The summed E-state index contributed by atoms with van der Waals surface area (Å²) < 4.78 is 6.31. The molecule has 0 atom stereocenters. The largest absolute Gasteiger partial charge is 0.480 e. The number of benzene rings is 4. The summed E-state index contributed by atoms with van der Waals surface area (Å²) in [5.74, 6) is -0.867. The Hall–Kier alpha value is -4.65. The van der Waals surface area contributed by atoms with Crippen LogP contribution in [0.2, 0.25) is 0 Å². The molecule has 0 bridgehead atoms. The van der Waals surface area contributed by atoms with Crippen molar-refractivity contribution in [2.75, 3.05) is 22.7 Å². The van der Waals surface area contributed by atoms with Gasteiger partial charge in [0.25, 0.3) is 14.8 Å². The molecule has 0 unspecified atom stereocenters. The molecule has 9 heteroatoms. The van der Waals surface area contributed by atoms with Crippen molar-refractivity contribution < 1.29 is 24.5 Å². The van der Waals surface area contributed by atoms with Crippen LogP contribution >= 0.6 is 0 Å². The van der Waals surface area contributed by atoms with Crippen LogP contribution in [0.25, 0.3) is 0 Å². The van der Waals surface area contributed by atoms with E-state index in [9.17, 15) is 19.8 Å². The highest BCUT2D eigenvalue weighted by Crippen LogP contribution is 2.20. The van der Waals surface area contributed by atoms with Gasteiger partial charge in [-0.05, 0) is 47.3 Å². The van der Waals surface area contributed by atoms with Gasteiger partial charge in [-0.2, -0.15) is 0 Å². The summed E-state index contributed by atoms with van der Waals surface area (Å²) in [7, 11) is 3.48. The molecule has 2 radical (unpaired) electrons. The number of aliphatic carboxylic acids is 2. The predicted octanol–water partition coefficient (Wildman–Crippen LogP) is 3.15. The van der Waals surface area contributed by atoms with Gasteiger partial charge >= 0.3 is 11.9 Å². The van der Waals surface area contributed by atoms with E-state index >= 15 is 0 Å². The Morgan fingerprint density at radius 2 is 0.919 bits per heavy atom. The molecule has 0 aliphatic carbocycles. The van der Waals surface area contributed by atoms with Crippen molar-refractivity contribution >= 4 is 49.1 Å². The van der Waals surface area contributed by atoms with E-state index in [2.05, 4.69) is 0 Å². The number of carbonyl (C=O) groups is 2. The summed E-state index contributed by atoms with van der Waals surface area (Å²) in [6, 6.07) is 33.2. The van der Waals surface area contributed by atoms with Crippen molar-refractivity contribution in [3.05, 3.63) is 109 Å². The molecular formula is C28H24B2N2O5. The van der Waals surface area contributed by atoms with Gasteiger partial charge in [-0.1, -0.05) is 72.8 Å². The minimum atomic E-state index is -0.960. The SMILES string of the molecule is O=C(O)CN([B]c1ccccc1Oc1ccccc1[B]N(CC(=O)O)c1ccccc1)c1ccccc1. The van der Waals surface area contributed by atoms with Crippen LogP contribution in [0.3, 0.4) is 0 Å². The molecule has 0 aromatic heterocycles. The first-order valence-corrected chi connectivity index (χ1v) is 11.6. The molecule has 182 valence electrons. The lowest BCUT2D eigenvalue weighted by atomic mass is 9.78. The molecule has 0 fully saturated rings. The lowest BCUT2D eigenvalue weighted by Crippen LogP contribution is -2.41. The average molecular weight is 490 g/mol. The molecule has 0 heterocycles. The van der Waals surface area contributed by atoms with Crippen LogP contribution in [-0.4, -0.2) is 50.1 Å². The fourth-order valence-electron chi connectivity index (χ4n) is 3.77. The number of rotatable bonds is 12. The maximum Gasteiger partial charge on any atom is 0.321 e. The van der Waals surface area contributed by atoms with Gasteiger partial charge < -0.3 is 24.6 Å². The third kappa shape index (κ3) is 7.17. The lowest BCUT2D eigenvalue weighted by molar-refractivity contribution is -0.136. The van der Waals surface area contributed by atoms with E-state index in [0.717, 1.165) is 11.4 Å². The van der Waals surface area contributed by atoms with E-state index in [0.29, 0.717) is 22.4 Å². The first-order valence-electron chi connectivity index (χ1n) is 11.6. The molecule has 4 aromatic carbocycles. The van der Waals surface area contributed by atoms with Crippen molar-refractivity contribution in [1.82, 2.24) is 0 Å². The maximum absolute atomic E-state index is 11.5. The molecule has 4 rings (SSSR count). The summed E-state index contributed by atoms with van der Waals surface area (Å²) in [5.41, 5.74) is 2.85. The number of para-hydroxylation sites is 4. The Kier molecular flexibility index (Phi) is 8.49. The van der Waals surface area contributed by atoms with Crippen molar-refractivity contribution in [1.29, 1.82) is 0 Å². The van der Waals surface area contributed by atoms with E-state index < -0.39 is 11.9 Å². The quantitative estimate of drug-likeness (QED) is 0.295. The van der Waals surface area contributed by atoms with Crippen LogP contribution in [0.4, 0.5) is 11.4 Å². The third-order valence-corrected chi connectivity index (χ3v) is 5.43. The van der Waals surface area contributed by atoms with Crippen molar-refractivity contribution in [2.24, 2.45) is 0 Å². The fourth-order valence-corrected chi connectivity index (χ4v) is 3.77. The number of anilines is 2. The second-order valence-corrected chi connectivity index (χ2v) is 8.15. The van der Waals surface area contributed by atoms with Gasteiger partial charge in [-0.25, -0.2) is 0 Å². The predicted molar refractivity (Wildman–Crippen MR) is 147 cm³/mol. The van der Waals surface area contributed by atoms with Crippen LogP contribution in [0, 0.1) is 0 Å². The van der Waals surface area contributed by atoms with E-state index in [1.807, 2.05) is 97.1 Å². The Morgan fingerprint density at radius 3 is 1.30 bits per heavy atom. The van der Waals surface area contributed by atoms with Gasteiger partial charge in [0.15, 0.2) is 0 Å². The normalized spacial score (nSPS) is 10.3. The number of nitrogens with zero attached hydrogens (tertiary/aromatic N) is 2. The highest BCUT2D eigenvalue weighted by Gasteiger charge is 2.19. The molecule has 0 amide bonds. The smallest absolute Gasteiger partial charge is 0.321 e. The van der Waals surface area contributed by atoms with E-state index in [-0.39, 0.29) is 13.1 Å². The molecule has 0 saturated carbocycles. The number of hydrogen-bond donors (Lipinski definition) is 2. The summed E-state index contributed by atoms with van der Waals surface area (Å²) in [6.07, 6.45) is 0. The van der Waals surface area contributed by atoms with Crippen LogP contribution in [-0.2, 0) is 9.59 Å². The molecule has 7 nitrogen and oxygen atoms in total. The summed E-state index contributed by atoms with van der Waals surface area (Å²) >= 11 is 0. The van der Waals surface area contributed by atoms with E-state index in [1.165, 1.54) is 0 Å². The molecule has 0 spiro atoms. The molecule has 2 N–H and O–H groups in total. The second-order valence-electron chi connectivity index (χ2n) is 8.15. The van der Waals surface area contributed by atoms with Gasteiger partial charge in [0.1, 0.15) is 24.6 Å². The average Bonchev–Trinajstić information content (AvgIpc) is 2.90. The van der Waals surface area contributed by atoms with Crippen molar-refractivity contribution in [3.8, 4) is 11.5 Å². The Labute approximate surface area is 217 Å². The molecule has 0 aliphatic rings. The zero-order valence-electron chi connectivity index (χ0n) is 20.0. The zero-order valence-corrected chi connectivity index (χ0v) is 20.0. The van der Waals surface area contributed by atoms with E-state index in [1.54, 1.807) is 36.6 Å². The Bertz CT molecular complexity index is 1240. The number of hydrogen-bond acceptors (Lipinski definition) is 5. The highest BCUT2D eigenvalue weighted by molar-refractivity contribution is 6.60. The van der Waals surface area contributed by atoms with Crippen molar-refractivity contribution in [2.45, 2.75) is 0 Å². The monoisotopic (exact) mass is 490 g/mol. The third-order valence-electron chi connectivity index (χ3n) is 5.43.